The maximum absolute atomic E-state index is 12.5. The lowest BCUT2D eigenvalue weighted by molar-refractivity contribution is -0.0428. The molecular formula is C22H14ClF3N2OS2. The Morgan fingerprint density at radius 2 is 1.58 bits per heavy atom. The van der Waals surface area contributed by atoms with Crippen molar-refractivity contribution in [2.75, 3.05) is 4.72 Å². The highest BCUT2D eigenvalue weighted by atomic mass is 35.5. The number of thiazole rings is 1. The SMILES string of the molecule is [O-][S+](Nc1ccc(-c2csc(-c3ccccc3-c3ccccc3)n2)c(Cl)c1)C(F)(F)F. The van der Waals surface area contributed by atoms with Crippen molar-refractivity contribution in [1.29, 1.82) is 0 Å². The molecule has 9 heteroatoms. The highest BCUT2D eigenvalue weighted by Crippen LogP contribution is 2.38. The van der Waals surface area contributed by atoms with Gasteiger partial charge in [0.05, 0.1) is 16.4 Å². The topological polar surface area (TPSA) is 48.0 Å². The van der Waals surface area contributed by atoms with Crippen LogP contribution in [0.5, 0.6) is 0 Å². The third kappa shape index (κ3) is 4.88. The van der Waals surface area contributed by atoms with Gasteiger partial charge < -0.3 is 4.55 Å². The maximum atomic E-state index is 12.5. The minimum absolute atomic E-state index is 0.00860. The molecule has 0 fully saturated rings. The highest BCUT2D eigenvalue weighted by molar-refractivity contribution is 7.93. The van der Waals surface area contributed by atoms with E-state index in [1.54, 1.807) is 6.07 Å². The van der Waals surface area contributed by atoms with Crippen molar-refractivity contribution in [3.8, 4) is 33.0 Å². The molecule has 0 saturated carbocycles. The molecule has 1 atom stereocenters. The lowest BCUT2D eigenvalue weighted by atomic mass is 10.0. The van der Waals surface area contributed by atoms with Crippen LogP contribution in [0.1, 0.15) is 0 Å². The maximum Gasteiger partial charge on any atom is 0.598 e. The Labute approximate surface area is 188 Å². The largest absolute Gasteiger partial charge is 0.598 e. The van der Waals surface area contributed by atoms with Crippen molar-refractivity contribution in [3.05, 3.63) is 83.2 Å². The van der Waals surface area contributed by atoms with E-state index in [4.69, 9.17) is 16.6 Å². The van der Waals surface area contributed by atoms with Crippen LogP contribution < -0.4 is 4.72 Å². The van der Waals surface area contributed by atoms with Crippen molar-refractivity contribution >= 4 is 40.0 Å². The summed E-state index contributed by atoms with van der Waals surface area (Å²) >= 11 is 4.53. The fraction of sp³-hybridized carbons (Fsp3) is 0.0455. The van der Waals surface area contributed by atoms with Gasteiger partial charge in [-0.2, -0.15) is 0 Å². The van der Waals surface area contributed by atoms with Gasteiger partial charge >= 0.3 is 5.51 Å². The second kappa shape index (κ2) is 8.92. The zero-order chi connectivity index (χ0) is 22.0. The molecule has 3 aromatic carbocycles. The number of rotatable bonds is 5. The summed E-state index contributed by atoms with van der Waals surface area (Å²) in [6.07, 6.45) is 0. The summed E-state index contributed by atoms with van der Waals surface area (Å²) in [5.41, 5.74) is -0.582. The zero-order valence-corrected chi connectivity index (χ0v) is 18.1. The Balaban J connectivity index is 1.64. The minimum atomic E-state index is -4.86. The van der Waals surface area contributed by atoms with Gasteiger partial charge in [-0.3, -0.25) is 0 Å². The monoisotopic (exact) mass is 478 g/mol. The fourth-order valence-electron chi connectivity index (χ4n) is 3.01. The van der Waals surface area contributed by atoms with Crippen molar-refractivity contribution in [2.45, 2.75) is 5.51 Å². The molecule has 0 radical (unpaired) electrons. The highest BCUT2D eigenvalue weighted by Gasteiger charge is 2.46. The third-order valence-corrected chi connectivity index (χ3v) is 6.44. The van der Waals surface area contributed by atoms with E-state index in [1.165, 1.54) is 23.5 Å². The normalized spacial score (nSPS) is 12.5. The van der Waals surface area contributed by atoms with E-state index in [1.807, 2.05) is 64.7 Å². The van der Waals surface area contributed by atoms with Crippen molar-refractivity contribution in [2.24, 2.45) is 0 Å². The first kappa shape index (κ1) is 21.7. The third-order valence-electron chi connectivity index (χ3n) is 4.41. The Morgan fingerprint density at radius 3 is 2.26 bits per heavy atom. The lowest BCUT2D eigenvalue weighted by Crippen LogP contribution is -2.29. The molecule has 0 amide bonds. The average Bonchev–Trinajstić information content (AvgIpc) is 3.23. The minimum Gasteiger partial charge on any atom is -0.586 e. The first-order chi connectivity index (χ1) is 14.8. The molecule has 0 saturated heterocycles. The van der Waals surface area contributed by atoms with E-state index in [2.05, 4.69) is 0 Å². The van der Waals surface area contributed by atoms with Crippen molar-refractivity contribution in [3.63, 3.8) is 0 Å². The summed E-state index contributed by atoms with van der Waals surface area (Å²) in [4.78, 5) is 4.70. The quantitative estimate of drug-likeness (QED) is 0.304. The molecule has 0 spiro atoms. The Morgan fingerprint density at radius 1 is 0.903 bits per heavy atom. The van der Waals surface area contributed by atoms with Crippen molar-refractivity contribution in [1.82, 2.24) is 4.98 Å². The molecule has 0 aliphatic heterocycles. The summed E-state index contributed by atoms with van der Waals surface area (Å²) in [6.45, 7) is 0. The Kier molecular flexibility index (Phi) is 6.24. The van der Waals surface area contributed by atoms with Crippen LogP contribution in [-0.4, -0.2) is 15.0 Å². The molecule has 0 aliphatic rings. The van der Waals surface area contributed by atoms with Crippen LogP contribution >= 0.6 is 22.9 Å². The van der Waals surface area contributed by atoms with Crippen LogP contribution in [0.4, 0.5) is 18.9 Å². The summed E-state index contributed by atoms with van der Waals surface area (Å²) in [5, 5.41) is 2.85. The Bertz CT molecular complexity index is 1200. The fourth-order valence-corrected chi connectivity index (χ4v) is 4.60. The van der Waals surface area contributed by atoms with Gasteiger partial charge in [0.25, 0.3) is 0 Å². The van der Waals surface area contributed by atoms with Gasteiger partial charge in [-0.15, -0.1) is 24.5 Å². The molecule has 1 unspecified atom stereocenters. The number of hydrogen-bond donors (Lipinski definition) is 1. The molecule has 4 rings (SSSR count). The van der Waals surface area contributed by atoms with Gasteiger partial charge in [0.1, 0.15) is 5.01 Å². The number of nitrogens with one attached hydrogen (secondary N) is 1. The van der Waals surface area contributed by atoms with Crippen LogP contribution in [0.15, 0.2) is 78.2 Å². The predicted octanol–water partition coefficient (Wildman–Crippen LogP) is 7.39. The first-order valence-corrected chi connectivity index (χ1v) is 11.4. The molecule has 1 aromatic heterocycles. The number of anilines is 1. The van der Waals surface area contributed by atoms with Gasteiger partial charge in [-0.05, 0) is 29.3 Å². The number of benzene rings is 3. The van der Waals surface area contributed by atoms with E-state index in [0.29, 0.717) is 11.3 Å². The number of halogens is 4. The van der Waals surface area contributed by atoms with Crippen LogP contribution in [0, 0.1) is 0 Å². The van der Waals surface area contributed by atoms with E-state index in [9.17, 15) is 17.7 Å². The van der Waals surface area contributed by atoms with Gasteiger partial charge in [0.15, 0.2) is 11.4 Å². The molecule has 0 bridgehead atoms. The molecule has 158 valence electrons. The number of aromatic nitrogens is 1. The molecule has 31 heavy (non-hydrogen) atoms. The summed E-state index contributed by atoms with van der Waals surface area (Å²) in [6, 6.07) is 22.1. The molecule has 4 aromatic rings. The molecule has 0 aliphatic carbocycles. The lowest BCUT2D eigenvalue weighted by Gasteiger charge is -2.13. The number of alkyl halides is 3. The summed E-state index contributed by atoms with van der Waals surface area (Å²) < 4.78 is 50.6. The van der Waals surface area contributed by atoms with Gasteiger partial charge in [-0.1, -0.05) is 66.2 Å². The van der Waals surface area contributed by atoms with E-state index in [-0.39, 0.29) is 10.7 Å². The van der Waals surface area contributed by atoms with Crippen molar-refractivity contribution < 1.29 is 17.7 Å². The molecule has 3 nitrogen and oxygen atoms in total. The number of nitrogens with zero attached hydrogens (tertiary/aromatic N) is 1. The number of hydrogen-bond acceptors (Lipinski definition) is 4. The van der Waals surface area contributed by atoms with E-state index < -0.39 is 16.9 Å². The summed E-state index contributed by atoms with van der Waals surface area (Å²) in [5.74, 6) is 0. The van der Waals surface area contributed by atoms with Crippen LogP contribution in [0.3, 0.4) is 0 Å². The second-order valence-electron chi connectivity index (χ2n) is 6.46. The first-order valence-electron chi connectivity index (χ1n) is 8.98. The Hall–Kier alpha value is -2.52. The van der Waals surface area contributed by atoms with Crippen LogP contribution in [0.2, 0.25) is 5.02 Å². The van der Waals surface area contributed by atoms with Crippen LogP contribution in [0.25, 0.3) is 33.0 Å². The van der Waals surface area contributed by atoms with Crippen LogP contribution in [-0.2, 0) is 11.4 Å². The van der Waals surface area contributed by atoms with E-state index >= 15 is 0 Å². The molecule has 1 heterocycles. The predicted molar refractivity (Wildman–Crippen MR) is 121 cm³/mol. The molecular weight excluding hydrogens is 465 g/mol. The zero-order valence-electron chi connectivity index (χ0n) is 15.7. The van der Waals surface area contributed by atoms with Gasteiger partial charge in [-0.25, -0.2) is 9.71 Å². The van der Waals surface area contributed by atoms with E-state index in [0.717, 1.165) is 21.7 Å². The second-order valence-corrected chi connectivity index (χ2v) is 8.93. The average molecular weight is 479 g/mol. The van der Waals surface area contributed by atoms with Gasteiger partial charge in [0, 0.05) is 16.5 Å². The standard InChI is InChI=1S/C22H14ClF3N2OS2/c23-19-12-15(28-31(29)22(24,25)26)10-11-18(19)20-13-30-21(27-20)17-9-5-4-8-16(17)14-6-2-1-3-7-14/h1-13,28H. The van der Waals surface area contributed by atoms with Gasteiger partial charge in [0.2, 0.25) is 0 Å². The molecule has 1 N–H and O–H groups in total. The smallest absolute Gasteiger partial charge is 0.586 e. The summed E-state index contributed by atoms with van der Waals surface area (Å²) in [7, 11) is 0.